The molecule has 2 nitrogen and oxygen atoms in total. The second-order valence-electron chi connectivity index (χ2n) is 6.88. The summed E-state index contributed by atoms with van der Waals surface area (Å²) in [5.74, 6) is 3.58. The number of rotatable bonds is 5. The van der Waals surface area contributed by atoms with Crippen molar-refractivity contribution in [2.24, 2.45) is 11.3 Å². The zero-order chi connectivity index (χ0) is 13.7. The van der Waals surface area contributed by atoms with E-state index in [0.29, 0.717) is 5.41 Å². The van der Waals surface area contributed by atoms with Crippen LogP contribution in [0.15, 0.2) is 0 Å². The van der Waals surface area contributed by atoms with Crippen LogP contribution >= 0.6 is 11.8 Å². The standard InChI is InChI=1S/C16H32N2S/c1-4-17-12-16(7-5-6-14(2)10-16)13-18-8-9-19-11-15(18)3/h14-15,17H,4-13H2,1-3H3. The Bertz CT molecular complexity index is 271. The van der Waals surface area contributed by atoms with Gasteiger partial charge in [0, 0.05) is 37.2 Å². The lowest BCUT2D eigenvalue weighted by Crippen LogP contribution is -2.51. The van der Waals surface area contributed by atoms with Crippen LogP contribution in [0.3, 0.4) is 0 Å². The molecular formula is C16H32N2S. The van der Waals surface area contributed by atoms with Crippen LogP contribution in [-0.4, -0.2) is 48.6 Å². The van der Waals surface area contributed by atoms with E-state index in [-0.39, 0.29) is 0 Å². The fourth-order valence-electron chi connectivity index (χ4n) is 3.95. The van der Waals surface area contributed by atoms with Gasteiger partial charge in [0.1, 0.15) is 0 Å². The van der Waals surface area contributed by atoms with Gasteiger partial charge in [0.15, 0.2) is 0 Å². The maximum absolute atomic E-state index is 3.65. The Labute approximate surface area is 124 Å². The van der Waals surface area contributed by atoms with Gasteiger partial charge in [-0.3, -0.25) is 4.90 Å². The topological polar surface area (TPSA) is 15.3 Å². The molecule has 2 aliphatic rings. The Kier molecular flexibility index (Phi) is 6.04. The molecule has 0 aromatic carbocycles. The van der Waals surface area contributed by atoms with Crippen molar-refractivity contribution in [1.82, 2.24) is 10.2 Å². The highest BCUT2D eigenvalue weighted by Gasteiger charge is 2.37. The van der Waals surface area contributed by atoms with E-state index in [0.717, 1.165) is 18.5 Å². The molecule has 1 saturated carbocycles. The maximum atomic E-state index is 3.65. The third kappa shape index (κ3) is 4.37. The third-order valence-corrected chi connectivity index (χ3v) is 6.17. The van der Waals surface area contributed by atoms with E-state index < -0.39 is 0 Å². The number of hydrogen-bond donors (Lipinski definition) is 1. The van der Waals surface area contributed by atoms with Crippen molar-refractivity contribution in [2.45, 2.75) is 52.5 Å². The summed E-state index contributed by atoms with van der Waals surface area (Å²) >= 11 is 2.13. The van der Waals surface area contributed by atoms with Crippen LogP contribution in [0.4, 0.5) is 0 Å². The van der Waals surface area contributed by atoms with Gasteiger partial charge < -0.3 is 5.32 Å². The van der Waals surface area contributed by atoms with Gasteiger partial charge in [-0.15, -0.1) is 0 Å². The molecule has 3 unspecified atom stereocenters. The highest BCUT2D eigenvalue weighted by Crippen LogP contribution is 2.40. The van der Waals surface area contributed by atoms with Gasteiger partial charge >= 0.3 is 0 Å². The fourth-order valence-corrected chi connectivity index (χ4v) is 5.03. The minimum absolute atomic E-state index is 0.546. The highest BCUT2D eigenvalue weighted by molar-refractivity contribution is 7.99. The highest BCUT2D eigenvalue weighted by atomic mass is 32.2. The summed E-state index contributed by atoms with van der Waals surface area (Å²) in [6.45, 7) is 12.1. The van der Waals surface area contributed by atoms with Gasteiger partial charge in [-0.1, -0.05) is 26.7 Å². The monoisotopic (exact) mass is 284 g/mol. The van der Waals surface area contributed by atoms with E-state index in [4.69, 9.17) is 0 Å². The van der Waals surface area contributed by atoms with Gasteiger partial charge in [-0.2, -0.15) is 11.8 Å². The van der Waals surface area contributed by atoms with Gasteiger partial charge in [0.2, 0.25) is 0 Å². The predicted octanol–water partition coefficient (Wildman–Crippen LogP) is 3.23. The smallest absolute Gasteiger partial charge is 0.0158 e. The van der Waals surface area contributed by atoms with Crippen LogP contribution in [-0.2, 0) is 0 Å². The number of hydrogen-bond acceptors (Lipinski definition) is 3. The lowest BCUT2D eigenvalue weighted by Gasteiger charge is -2.46. The zero-order valence-electron chi connectivity index (χ0n) is 13.1. The SMILES string of the molecule is CCNCC1(CN2CCSCC2C)CCCC(C)C1. The van der Waals surface area contributed by atoms with Crippen LogP contribution in [0.1, 0.15) is 46.5 Å². The zero-order valence-corrected chi connectivity index (χ0v) is 13.9. The Hall–Kier alpha value is 0.270. The van der Waals surface area contributed by atoms with Gasteiger partial charge in [0.05, 0.1) is 0 Å². The van der Waals surface area contributed by atoms with Crippen molar-refractivity contribution in [3.05, 3.63) is 0 Å². The molecule has 0 amide bonds. The molecule has 112 valence electrons. The number of nitrogens with one attached hydrogen (secondary N) is 1. The summed E-state index contributed by atoms with van der Waals surface area (Å²) in [5.41, 5.74) is 0.546. The first-order valence-corrected chi connectivity index (χ1v) is 9.33. The summed E-state index contributed by atoms with van der Waals surface area (Å²) in [5, 5.41) is 3.65. The maximum Gasteiger partial charge on any atom is 0.0158 e. The van der Waals surface area contributed by atoms with E-state index in [1.165, 1.54) is 56.8 Å². The van der Waals surface area contributed by atoms with Crippen LogP contribution in [0.5, 0.6) is 0 Å². The molecule has 1 N–H and O–H groups in total. The molecule has 0 bridgehead atoms. The Morgan fingerprint density at radius 3 is 2.89 bits per heavy atom. The number of nitrogens with zero attached hydrogens (tertiary/aromatic N) is 1. The molecule has 2 fully saturated rings. The molecule has 3 heteroatoms. The molecule has 2 rings (SSSR count). The van der Waals surface area contributed by atoms with Crippen LogP contribution in [0.25, 0.3) is 0 Å². The Morgan fingerprint density at radius 2 is 2.21 bits per heavy atom. The van der Waals surface area contributed by atoms with Crippen LogP contribution in [0.2, 0.25) is 0 Å². The van der Waals surface area contributed by atoms with E-state index >= 15 is 0 Å². The summed E-state index contributed by atoms with van der Waals surface area (Å²) in [7, 11) is 0. The largest absolute Gasteiger partial charge is 0.316 e. The minimum atomic E-state index is 0.546. The molecule has 0 aromatic rings. The van der Waals surface area contributed by atoms with E-state index in [1.54, 1.807) is 0 Å². The Morgan fingerprint density at radius 1 is 1.37 bits per heavy atom. The molecule has 1 aliphatic carbocycles. The molecule has 0 aromatic heterocycles. The normalized spacial score (nSPS) is 37.4. The fraction of sp³-hybridized carbons (Fsp3) is 1.00. The molecule has 19 heavy (non-hydrogen) atoms. The lowest BCUT2D eigenvalue weighted by atomic mass is 9.69. The lowest BCUT2D eigenvalue weighted by molar-refractivity contribution is 0.0681. The first kappa shape index (κ1) is 15.7. The second-order valence-corrected chi connectivity index (χ2v) is 8.03. The van der Waals surface area contributed by atoms with Gasteiger partial charge in [0.25, 0.3) is 0 Å². The molecule has 3 atom stereocenters. The van der Waals surface area contributed by atoms with E-state index in [9.17, 15) is 0 Å². The summed E-state index contributed by atoms with van der Waals surface area (Å²) in [4.78, 5) is 2.77. The van der Waals surface area contributed by atoms with Crippen molar-refractivity contribution >= 4 is 11.8 Å². The summed E-state index contributed by atoms with van der Waals surface area (Å²) in [6, 6.07) is 0.773. The quantitative estimate of drug-likeness (QED) is 0.834. The molecule has 1 heterocycles. The van der Waals surface area contributed by atoms with Crippen molar-refractivity contribution in [1.29, 1.82) is 0 Å². The Balaban J connectivity index is 1.99. The average molecular weight is 285 g/mol. The van der Waals surface area contributed by atoms with Crippen molar-refractivity contribution in [2.75, 3.05) is 37.7 Å². The number of thioether (sulfide) groups is 1. The first-order chi connectivity index (χ1) is 9.15. The summed E-state index contributed by atoms with van der Waals surface area (Å²) < 4.78 is 0. The molecular weight excluding hydrogens is 252 g/mol. The predicted molar refractivity (Wildman–Crippen MR) is 87.0 cm³/mol. The molecule has 0 radical (unpaired) electrons. The first-order valence-electron chi connectivity index (χ1n) is 8.18. The average Bonchev–Trinajstić information content (AvgIpc) is 2.39. The molecule has 1 saturated heterocycles. The van der Waals surface area contributed by atoms with Gasteiger partial charge in [-0.05, 0) is 37.6 Å². The van der Waals surface area contributed by atoms with Gasteiger partial charge in [-0.25, -0.2) is 0 Å². The third-order valence-electron chi connectivity index (χ3n) is 4.98. The van der Waals surface area contributed by atoms with Crippen LogP contribution in [0, 0.1) is 11.3 Å². The summed E-state index contributed by atoms with van der Waals surface area (Å²) in [6.07, 6.45) is 5.74. The molecule has 1 aliphatic heterocycles. The van der Waals surface area contributed by atoms with Crippen molar-refractivity contribution in [3.8, 4) is 0 Å². The molecule has 0 spiro atoms. The minimum Gasteiger partial charge on any atom is -0.316 e. The van der Waals surface area contributed by atoms with Crippen molar-refractivity contribution < 1.29 is 0 Å². The van der Waals surface area contributed by atoms with Crippen molar-refractivity contribution in [3.63, 3.8) is 0 Å². The second kappa shape index (κ2) is 7.33. The van der Waals surface area contributed by atoms with E-state index in [1.807, 2.05) is 0 Å². The van der Waals surface area contributed by atoms with Crippen LogP contribution < -0.4 is 5.32 Å². The van der Waals surface area contributed by atoms with E-state index in [2.05, 4.69) is 42.7 Å².